The van der Waals surface area contributed by atoms with Gasteiger partial charge in [-0.15, -0.1) is 0 Å². The van der Waals surface area contributed by atoms with Crippen molar-refractivity contribution < 1.29 is 19.0 Å². The van der Waals surface area contributed by atoms with Crippen molar-refractivity contribution in [2.24, 2.45) is 5.10 Å². The predicted molar refractivity (Wildman–Crippen MR) is 128 cm³/mol. The minimum Gasteiger partial charge on any atom is -0.507 e. The quantitative estimate of drug-likeness (QED) is 0.249. The third kappa shape index (κ3) is 5.25. The van der Waals surface area contributed by atoms with Crippen molar-refractivity contribution >= 4 is 46.1 Å². The van der Waals surface area contributed by atoms with Crippen LogP contribution < -0.4 is 10.2 Å². The van der Waals surface area contributed by atoms with Crippen molar-refractivity contribution in [3.05, 3.63) is 105 Å². The number of hydrogen-bond acceptors (Lipinski definition) is 4. The van der Waals surface area contributed by atoms with Crippen LogP contribution in [-0.2, 0) is 6.61 Å². The van der Waals surface area contributed by atoms with E-state index >= 15 is 0 Å². The summed E-state index contributed by atoms with van der Waals surface area (Å²) in [7, 11) is 0. The number of nitrogens with one attached hydrogen (secondary N) is 1. The molecule has 4 rings (SSSR count). The Bertz CT molecular complexity index is 1350. The van der Waals surface area contributed by atoms with Crippen LogP contribution in [-0.4, -0.2) is 17.2 Å². The molecule has 8 heteroatoms. The van der Waals surface area contributed by atoms with Gasteiger partial charge in [0.1, 0.15) is 18.2 Å². The van der Waals surface area contributed by atoms with Crippen LogP contribution in [0.3, 0.4) is 0 Å². The van der Waals surface area contributed by atoms with E-state index in [0.717, 1.165) is 10.8 Å². The van der Waals surface area contributed by atoms with E-state index in [9.17, 15) is 14.3 Å². The SMILES string of the molecule is O=C(NN=Cc1cc(Cl)c(OCc2ccccc2F)c(Cl)c1)c1cc2ccccc2cc1O. The molecule has 0 aliphatic rings. The molecule has 0 aliphatic carbocycles. The Morgan fingerprint density at radius 3 is 2.33 bits per heavy atom. The van der Waals surface area contributed by atoms with Crippen molar-refractivity contribution in [1.82, 2.24) is 5.43 Å². The number of rotatable bonds is 6. The molecule has 0 fully saturated rings. The Labute approximate surface area is 199 Å². The van der Waals surface area contributed by atoms with Gasteiger partial charge in [0.15, 0.2) is 5.75 Å². The lowest BCUT2D eigenvalue weighted by Crippen LogP contribution is -2.17. The maximum absolute atomic E-state index is 13.8. The fraction of sp³-hybridized carbons (Fsp3) is 0.0400. The summed E-state index contributed by atoms with van der Waals surface area (Å²) in [4.78, 5) is 12.4. The van der Waals surface area contributed by atoms with Crippen molar-refractivity contribution in [3.8, 4) is 11.5 Å². The second kappa shape index (κ2) is 9.90. The molecule has 5 nitrogen and oxygen atoms in total. The third-order valence-corrected chi connectivity index (χ3v) is 5.40. The largest absolute Gasteiger partial charge is 0.507 e. The Hall–Kier alpha value is -3.61. The molecule has 0 bridgehead atoms. The molecule has 0 heterocycles. The number of nitrogens with zero attached hydrogens (tertiary/aromatic N) is 1. The van der Waals surface area contributed by atoms with Gasteiger partial charge in [-0.1, -0.05) is 65.7 Å². The number of ether oxygens (including phenoxy) is 1. The highest BCUT2D eigenvalue weighted by molar-refractivity contribution is 6.37. The first kappa shape index (κ1) is 22.6. The standard InChI is InChI=1S/C25H17Cl2FN2O3/c26-20-9-15(10-21(27)24(20)33-14-18-7-3-4-8-22(18)28)13-29-30-25(32)19-11-16-5-1-2-6-17(16)12-23(19)31/h1-13,31H,14H2,(H,30,32). The minimum atomic E-state index is -0.573. The molecule has 166 valence electrons. The van der Waals surface area contributed by atoms with Crippen LogP contribution in [0, 0.1) is 5.82 Å². The summed E-state index contributed by atoms with van der Waals surface area (Å²) < 4.78 is 19.4. The lowest BCUT2D eigenvalue weighted by molar-refractivity contribution is 0.0952. The van der Waals surface area contributed by atoms with Gasteiger partial charge in [0.05, 0.1) is 21.8 Å². The third-order valence-electron chi connectivity index (χ3n) is 4.84. The fourth-order valence-corrected chi connectivity index (χ4v) is 3.81. The van der Waals surface area contributed by atoms with E-state index in [1.165, 1.54) is 18.3 Å². The van der Waals surface area contributed by atoms with Gasteiger partial charge < -0.3 is 9.84 Å². The van der Waals surface area contributed by atoms with E-state index in [2.05, 4.69) is 10.5 Å². The average Bonchev–Trinajstić information content (AvgIpc) is 2.79. The number of benzene rings is 4. The minimum absolute atomic E-state index is 0.0368. The summed E-state index contributed by atoms with van der Waals surface area (Å²) in [5.74, 6) is -0.897. The Balaban J connectivity index is 1.45. The lowest BCUT2D eigenvalue weighted by Gasteiger charge is -2.11. The summed E-state index contributed by atoms with van der Waals surface area (Å²) in [5, 5.41) is 16.1. The first-order valence-electron chi connectivity index (χ1n) is 9.83. The molecule has 1 amide bonds. The molecular weight excluding hydrogens is 466 g/mol. The zero-order valence-electron chi connectivity index (χ0n) is 17.1. The second-order valence-corrected chi connectivity index (χ2v) is 7.92. The van der Waals surface area contributed by atoms with Crippen molar-refractivity contribution in [2.75, 3.05) is 0 Å². The zero-order chi connectivity index (χ0) is 23.4. The van der Waals surface area contributed by atoms with E-state index in [4.69, 9.17) is 27.9 Å². The van der Waals surface area contributed by atoms with Crippen molar-refractivity contribution in [3.63, 3.8) is 0 Å². The second-order valence-electron chi connectivity index (χ2n) is 7.11. The van der Waals surface area contributed by atoms with Gasteiger partial charge in [-0.25, -0.2) is 9.82 Å². The summed E-state index contributed by atoms with van der Waals surface area (Å²) >= 11 is 12.5. The topological polar surface area (TPSA) is 70.9 Å². The van der Waals surface area contributed by atoms with E-state index < -0.39 is 5.91 Å². The van der Waals surface area contributed by atoms with Crippen LogP contribution in [0.25, 0.3) is 10.8 Å². The van der Waals surface area contributed by atoms with E-state index in [-0.39, 0.29) is 39.5 Å². The van der Waals surface area contributed by atoms with Crippen LogP contribution in [0.2, 0.25) is 10.0 Å². The molecule has 0 aliphatic heterocycles. The molecule has 0 radical (unpaired) electrons. The van der Waals surface area contributed by atoms with Crippen LogP contribution in [0.4, 0.5) is 4.39 Å². The summed E-state index contributed by atoms with van der Waals surface area (Å²) in [6.45, 7) is -0.0368. The number of aromatic hydroxyl groups is 1. The number of amides is 1. The number of phenolic OH excluding ortho intramolecular Hbond substituents is 1. The first-order chi connectivity index (χ1) is 15.9. The number of halogens is 3. The molecule has 4 aromatic carbocycles. The smallest absolute Gasteiger partial charge is 0.275 e. The first-order valence-corrected chi connectivity index (χ1v) is 10.6. The van der Waals surface area contributed by atoms with E-state index in [0.29, 0.717) is 11.1 Å². The lowest BCUT2D eigenvalue weighted by atomic mass is 10.1. The number of carbonyl (C=O) groups is 1. The Kier molecular flexibility index (Phi) is 6.77. The van der Waals surface area contributed by atoms with Gasteiger partial charge >= 0.3 is 0 Å². The summed E-state index contributed by atoms with van der Waals surface area (Å²) in [6, 6.07) is 19.8. The molecule has 0 saturated heterocycles. The Morgan fingerprint density at radius 2 is 1.64 bits per heavy atom. The molecule has 0 aromatic heterocycles. The van der Waals surface area contributed by atoms with Crippen molar-refractivity contribution in [2.45, 2.75) is 6.61 Å². The van der Waals surface area contributed by atoms with Crippen LogP contribution >= 0.6 is 23.2 Å². The van der Waals surface area contributed by atoms with E-state index in [1.807, 2.05) is 24.3 Å². The van der Waals surface area contributed by atoms with Crippen LogP contribution in [0.1, 0.15) is 21.5 Å². The van der Waals surface area contributed by atoms with Gasteiger partial charge in [0.2, 0.25) is 0 Å². The fourth-order valence-electron chi connectivity index (χ4n) is 3.19. The molecule has 0 saturated carbocycles. The molecule has 0 spiro atoms. The summed E-state index contributed by atoms with van der Waals surface area (Å²) in [6.07, 6.45) is 1.36. The highest BCUT2D eigenvalue weighted by Gasteiger charge is 2.13. The molecular formula is C25H17Cl2FN2O3. The number of fused-ring (bicyclic) bond motifs is 1. The van der Waals surface area contributed by atoms with Crippen LogP contribution in [0.5, 0.6) is 11.5 Å². The molecule has 33 heavy (non-hydrogen) atoms. The van der Waals surface area contributed by atoms with Crippen molar-refractivity contribution in [1.29, 1.82) is 0 Å². The highest BCUT2D eigenvalue weighted by atomic mass is 35.5. The molecule has 0 unspecified atom stereocenters. The maximum Gasteiger partial charge on any atom is 0.275 e. The number of hydrazone groups is 1. The molecule has 2 N–H and O–H groups in total. The normalized spacial score (nSPS) is 11.1. The highest BCUT2D eigenvalue weighted by Crippen LogP contribution is 2.34. The van der Waals surface area contributed by atoms with Gasteiger partial charge in [-0.2, -0.15) is 5.10 Å². The number of carbonyl (C=O) groups excluding carboxylic acids is 1. The predicted octanol–water partition coefficient (Wildman–Crippen LogP) is 6.33. The van der Waals surface area contributed by atoms with Gasteiger partial charge in [0.25, 0.3) is 5.91 Å². The maximum atomic E-state index is 13.8. The monoisotopic (exact) mass is 482 g/mol. The number of phenols is 1. The molecule has 0 atom stereocenters. The summed E-state index contributed by atoms with van der Waals surface area (Å²) in [5.41, 5.74) is 3.34. The van der Waals surface area contributed by atoms with E-state index in [1.54, 1.807) is 36.4 Å². The van der Waals surface area contributed by atoms with Gasteiger partial charge in [0, 0.05) is 5.56 Å². The van der Waals surface area contributed by atoms with Gasteiger partial charge in [-0.3, -0.25) is 4.79 Å². The number of hydrogen-bond donors (Lipinski definition) is 2. The zero-order valence-corrected chi connectivity index (χ0v) is 18.6. The van der Waals surface area contributed by atoms with Gasteiger partial charge in [-0.05, 0) is 46.7 Å². The molecule has 4 aromatic rings. The Morgan fingerprint density at radius 1 is 1.00 bits per heavy atom. The average molecular weight is 483 g/mol. The van der Waals surface area contributed by atoms with Crippen LogP contribution in [0.15, 0.2) is 77.9 Å².